The third kappa shape index (κ3) is 3.87. The molecule has 0 aliphatic rings. The van der Waals surface area contributed by atoms with Gasteiger partial charge in [-0.05, 0) is 47.0 Å². The summed E-state index contributed by atoms with van der Waals surface area (Å²) < 4.78 is 1.49. The van der Waals surface area contributed by atoms with Crippen molar-refractivity contribution < 1.29 is 15.0 Å². The smallest absolute Gasteiger partial charge is 0.240 e. The molecule has 0 bridgehead atoms. The molecular weight excluding hydrogens is 424 g/mol. The largest absolute Gasteiger partial charge is 0.503 e. The number of pyridine rings is 1. The molecule has 0 aliphatic heterocycles. The standard InChI is InChI=1S/C26H23ClN2O3/c1-26(2,3)24(31)21-22(17-6-10-19(27)11-7-17)29(25(32)23(21)30)20-12-8-16(9-13-20)18-5-4-14-28-15-18/h4-15,30,32H,1-3H3. The summed E-state index contributed by atoms with van der Waals surface area (Å²) >= 11 is 6.07. The summed E-state index contributed by atoms with van der Waals surface area (Å²) in [4.78, 5) is 17.4. The van der Waals surface area contributed by atoms with Crippen molar-refractivity contribution in [1.29, 1.82) is 0 Å². The van der Waals surface area contributed by atoms with Crippen LogP contribution in [0.5, 0.6) is 11.6 Å². The number of rotatable bonds is 4. The van der Waals surface area contributed by atoms with E-state index in [4.69, 9.17) is 11.6 Å². The Morgan fingerprint density at radius 1 is 0.906 bits per heavy atom. The van der Waals surface area contributed by atoms with E-state index in [1.807, 2.05) is 36.4 Å². The number of halogens is 1. The summed E-state index contributed by atoms with van der Waals surface area (Å²) in [6.07, 6.45) is 3.48. The molecule has 162 valence electrons. The summed E-state index contributed by atoms with van der Waals surface area (Å²) in [7, 11) is 0. The molecular formula is C26H23ClN2O3. The van der Waals surface area contributed by atoms with Gasteiger partial charge in [0.1, 0.15) is 0 Å². The molecule has 2 aromatic carbocycles. The third-order valence-corrected chi connectivity index (χ3v) is 5.52. The van der Waals surface area contributed by atoms with Crippen LogP contribution in [-0.2, 0) is 0 Å². The maximum Gasteiger partial charge on any atom is 0.240 e. The SMILES string of the molecule is CC(C)(C)C(=O)c1c(O)c(O)n(-c2ccc(-c3cccnc3)cc2)c1-c1ccc(Cl)cc1. The quantitative estimate of drug-likeness (QED) is 0.351. The molecule has 0 fully saturated rings. The fourth-order valence-corrected chi connectivity index (χ4v) is 3.73. The normalized spacial score (nSPS) is 11.5. The maximum absolute atomic E-state index is 13.3. The highest BCUT2D eigenvalue weighted by atomic mass is 35.5. The summed E-state index contributed by atoms with van der Waals surface area (Å²) in [6, 6.07) is 18.2. The highest BCUT2D eigenvalue weighted by Crippen LogP contribution is 2.45. The summed E-state index contributed by atoms with van der Waals surface area (Å²) in [5.41, 5.74) is 2.88. The highest BCUT2D eigenvalue weighted by Gasteiger charge is 2.34. The fourth-order valence-electron chi connectivity index (χ4n) is 3.61. The predicted molar refractivity (Wildman–Crippen MR) is 127 cm³/mol. The van der Waals surface area contributed by atoms with Crippen molar-refractivity contribution in [1.82, 2.24) is 9.55 Å². The van der Waals surface area contributed by atoms with E-state index in [-0.39, 0.29) is 11.3 Å². The molecule has 4 aromatic rings. The number of carbonyl (C=O) groups excluding carboxylic acids is 1. The van der Waals surface area contributed by atoms with Crippen LogP contribution in [0.15, 0.2) is 73.1 Å². The van der Waals surface area contributed by atoms with Crippen molar-refractivity contribution in [2.45, 2.75) is 20.8 Å². The second kappa shape index (κ2) is 8.17. The summed E-state index contributed by atoms with van der Waals surface area (Å²) in [6.45, 7) is 5.33. The molecule has 32 heavy (non-hydrogen) atoms. The van der Waals surface area contributed by atoms with Crippen LogP contribution < -0.4 is 0 Å². The first-order chi connectivity index (χ1) is 15.2. The zero-order valence-electron chi connectivity index (χ0n) is 18.0. The average Bonchev–Trinajstić information content (AvgIpc) is 3.04. The van der Waals surface area contributed by atoms with Gasteiger partial charge in [0.05, 0.1) is 11.3 Å². The van der Waals surface area contributed by atoms with E-state index < -0.39 is 17.0 Å². The van der Waals surface area contributed by atoms with Gasteiger partial charge in [-0.25, -0.2) is 0 Å². The number of carbonyl (C=O) groups is 1. The molecule has 2 aromatic heterocycles. The van der Waals surface area contributed by atoms with E-state index in [1.165, 1.54) is 4.57 Å². The van der Waals surface area contributed by atoms with Gasteiger partial charge in [-0.15, -0.1) is 0 Å². The first-order valence-electron chi connectivity index (χ1n) is 10.2. The van der Waals surface area contributed by atoms with Gasteiger partial charge in [0.25, 0.3) is 0 Å². The van der Waals surface area contributed by atoms with E-state index in [1.54, 1.807) is 57.4 Å². The average molecular weight is 447 g/mol. The lowest BCUT2D eigenvalue weighted by Crippen LogP contribution is -2.20. The molecule has 2 heterocycles. The number of benzene rings is 2. The van der Waals surface area contributed by atoms with Gasteiger partial charge in [-0.1, -0.05) is 62.7 Å². The van der Waals surface area contributed by atoms with E-state index >= 15 is 0 Å². The monoisotopic (exact) mass is 446 g/mol. The van der Waals surface area contributed by atoms with E-state index in [0.29, 0.717) is 22.0 Å². The van der Waals surface area contributed by atoms with Gasteiger partial charge in [0.15, 0.2) is 11.5 Å². The van der Waals surface area contributed by atoms with E-state index in [0.717, 1.165) is 11.1 Å². The minimum atomic E-state index is -0.762. The van der Waals surface area contributed by atoms with Crippen LogP contribution in [-0.4, -0.2) is 25.5 Å². The van der Waals surface area contributed by atoms with Crippen molar-refractivity contribution in [3.05, 3.63) is 83.6 Å². The zero-order valence-corrected chi connectivity index (χ0v) is 18.8. The molecule has 4 rings (SSSR count). The van der Waals surface area contributed by atoms with Crippen LogP contribution in [0.2, 0.25) is 5.02 Å². The summed E-state index contributed by atoms with van der Waals surface area (Å²) in [5, 5.41) is 22.3. The molecule has 0 spiro atoms. The molecule has 0 atom stereocenters. The first-order valence-corrected chi connectivity index (χ1v) is 10.5. The van der Waals surface area contributed by atoms with Crippen molar-refractivity contribution >= 4 is 17.4 Å². The second-order valence-electron chi connectivity index (χ2n) is 8.61. The van der Waals surface area contributed by atoms with Gasteiger partial charge >= 0.3 is 0 Å². The van der Waals surface area contributed by atoms with Crippen LogP contribution >= 0.6 is 11.6 Å². The second-order valence-corrected chi connectivity index (χ2v) is 9.04. The highest BCUT2D eigenvalue weighted by molar-refractivity contribution is 6.30. The fraction of sp³-hybridized carbons (Fsp3) is 0.154. The van der Waals surface area contributed by atoms with Gasteiger partial charge in [0.2, 0.25) is 5.88 Å². The number of Topliss-reactive ketones (excluding diaryl/α,β-unsaturated/α-hetero) is 1. The molecule has 0 aliphatic carbocycles. The Labute approximate surface area is 191 Å². The van der Waals surface area contributed by atoms with Crippen molar-refractivity contribution in [3.63, 3.8) is 0 Å². The number of aromatic hydroxyl groups is 2. The Morgan fingerprint density at radius 3 is 2.09 bits per heavy atom. The van der Waals surface area contributed by atoms with Crippen LogP contribution in [0.3, 0.4) is 0 Å². The topological polar surface area (TPSA) is 75.3 Å². The maximum atomic E-state index is 13.3. The van der Waals surface area contributed by atoms with Crippen molar-refractivity contribution in [3.8, 4) is 39.7 Å². The van der Waals surface area contributed by atoms with Crippen LogP contribution in [0.25, 0.3) is 28.1 Å². The molecule has 0 amide bonds. The van der Waals surface area contributed by atoms with Crippen molar-refractivity contribution in [2.24, 2.45) is 5.41 Å². The minimum absolute atomic E-state index is 0.0775. The Bertz CT molecular complexity index is 1270. The molecule has 2 N–H and O–H groups in total. The minimum Gasteiger partial charge on any atom is -0.503 e. The third-order valence-electron chi connectivity index (χ3n) is 5.27. The van der Waals surface area contributed by atoms with Crippen molar-refractivity contribution in [2.75, 3.05) is 0 Å². The molecule has 0 saturated heterocycles. The lowest BCUT2D eigenvalue weighted by atomic mass is 9.85. The van der Waals surface area contributed by atoms with Gasteiger partial charge in [-0.2, -0.15) is 0 Å². The van der Waals surface area contributed by atoms with Gasteiger partial charge in [-0.3, -0.25) is 14.3 Å². The number of aromatic nitrogens is 2. The molecule has 0 unspecified atom stereocenters. The molecule has 6 heteroatoms. The number of hydrogen-bond acceptors (Lipinski definition) is 4. The first kappa shape index (κ1) is 21.7. The van der Waals surface area contributed by atoms with Crippen LogP contribution in [0, 0.1) is 5.41 Å². The lowest BCUT2D eigenvalue weighted by molar-refractivity contribution is 0.0856. The van der Waals surface area contributed by atoms with Gasteiger partial charge < -0.3 is 10.2 Å². The Morgan fingerprint density at radius 2 is 1.53 bits per heavy atom. The van der Waals surface area contributed by atoms with E-state index in [9.17, 15) is 15.0 Å². The lowest BCUT2D eigenvalue weighted by Gasteiger charge is -2.18. The Hall–Kier alpha value is -3.57. The number of ketones is 1. The Kier molecular flexibility index (Phi) is 5.53. The summed E-state index contributed by atoms with van der Waals surface area (Å²) in [5.74, 6) is -1.11. The Balaban J connectivity index is 1.94. The number of hydrogen-bond donors (Lipinski definition) is 2. The van der Waals surface area contributed by atoms with Gasteiger partial charge in [0, 0.05) is 28.5 Å². The molecule has 5 nitrogen and oxygen atoms in total. The zero-order chi connectivity index (χ0) is 23.0. The van der Waals surface area contributed by atoms with Crippen LogP contribution in [0.4, 0.5) is 0 Å². The number of nitrogens with zero attached hydrogens (tertiary/aromatic N) is 2. The molecule has 0 radical (unpaired) electrons. The van der Waals surface area contributed by atoms with Crippen LogP contribution in [0.1, 0.15) is 31.1 Å². The van der Waals surface area contributed by atoms with E-state index in [2.05, 4.69) is 4.98 Å². The predicted octanol–water partition coefficient (Wildman–Crippen LogP) is 6.50. The molecule has 0 saturated carbocycles.